The first-order valence-electron chi connectivity index (χ1n) is 7.73. The predicted molar refractivity (Wildman–Crippen MR) is 90.2 cm³/mol. The molecule has 1 aliphatic heterocycles. The summed E-state index contributed by atoms with van der Waals surface area (Å²) >= 11 is 3.52. The number of morpholine rings is 1. The molecule has 0 spiro atoms. The molecule has 0 bridgehead atoms. The SMILES string of the molecule is Cc1cc(Br)cc(C)c1OCCCN1C[C@@H](C)O[C@H](C)C1. The van der Waals surface area contributed by atoms with Crippen LogP contribution in [0.5, 0.6) is 5.75 Å². The summed E-state index contributed by atoms with van der Waals surface area (Å²) in [5.41, 5.74) is 2.38. The highest BCUT2D eigenvalue weighted by Gasteiger charge is 2.21. The molecule has 2 atom stereocenters. The number of nitrogens with zero attached hydrogens (tertiary/aromatic N) is 1. The molecule has 4 heteroatoms. The van der Waals surface area contributed by atoms with Crippen molar-refractivity contribution in [3.63, 3.8) is 0 Å². The standard InChI is InChI=1S/C17H26BrNO2/c1-12-8-16(18)9-13(2)17(12)20-7-5-6-19-10-14(3)21-15(4)11-19/h8-9,14-15H,5-7,10-11H2,1-4H3/t14-,15-/m1/s1. The first-order chi connectivity index (χ1) is 9.95. The zero-order chi connectivity index (χ0) is 15.4. The maximum Gasteiger partial charge on any atom is 0.125 e. The highest BCUT2D eigenvalue weighted by atomic mass is 79.9. The van der Waals surface area contributed by atoms with Gasteiger partial charge in [-0.05, 0) is 57.4 Å². The number of ether oxygens (including phenoxy) is 2. The van der Waals surface area contributed by atoms with Crippen LogP contribution in [0.3, 0.4) is 0 Å². The molecule has 0 aromatic heterocycles. The number of aryl methyl sites for hydroxylation is 2. The lowest BCUT2D eigenvalue weighted by Crippen LogP contribution is -2.45. The number of halogens is 1. The molecule has 0 radical (unpaired) electrons. The Labute approximate surface area is 136 Å². The van der Waals surface area contributed by atoms with Crippen molar-refractivity contribution in [2.75, 3.05) is 26.2 Å². The largest absolute Gasteiger partial charge is 0.493 e. The summed E-state index contributed by atoms with van der Waals surface area (Å²) in [6, 6.07) is 4.21. The first kappa shape index (κ1) is 16.8. The maximum absolute atomic E-state index is 5.99. The molecule has 0 N–H and O–H groups in total. The van der Waals surface area contributed by atoms with Crippen molar-refractivity contribution in [1.82, 2.24) is 4.90 Å². The summed E-state index contributed by atoms with van der Waals surface area (Å²) in [7, 11) is 0. The van der Waals surface area contributed by atoms with Gasteiger partial charge in [-0.2, -0.15) is 0 Å². The molecule has 1 fully saturated rings. The molecule has 0 aliphatic carbocycles. The van der Waals surface area contributed by atoms with Crippen molar-refractivity contribution < 1.29 is 9.47 Å². The lowest BCUT2D eigenvalue weighted by atomic mass is 10.1. The topological polar surface area (TPSA) is 21.7 Å². The van der Waals surface area contributed by atoms with E-state index in [1.54, 1.807) is 0 Å². The fourth-order valence-electron chi connectivity index (χ4n) is 3.05. The predicted octanol–water partition coefficient (Wildman–Crippen LogP) is 3.94. The number of hydrogen-bond acceptors (Lipinski definition) is 3. The third-order valence-corrected chi connectivity index (χ3v) is 4.24. The highest BCUT2D eigenvalue weighted by molar-refractivity contribution is 9.10. The van der Waals surface area contributed by atoms with E-state index in [-0.39, 0.29) is 0 Å². The molecule has 0 amide bonds. The monoisotopic (exact) mass is 355 g/mol. The highest BCUT2D eigenvalue weighted by Crippen LogP contribution is 2.27. The van der Waals surface area contributed by atoms with Crippen molar-refractivity contribution in [2.24, 2.45) is 0 Å². The molecule has 118 valence electrons. The van der Waals surface area contributed by atoms with Gasteiger partial charge in [-0.15, -0.1) is 0 Å². The van der Waals surface area contributed by atoms with Crippen LogP contribution in [-0.2, 0) is 4.74 Å². The zero-order valence-corrected chi connectivity index (χ0v) is 15.1. The Hall–Kier alpha value is -0.580. The number of hydrogen-bond donors (Lipinski definition) is 0. The average Bonchev–Trinajstić information content (AvgIpc) is 2.35. The minimum atomic E-state index is 0.339. The maximum atomic E-state index is 5.99. The third-order valence-electron chi connectivity index (χ3n) is 3.79. The van der Waals surface area contributed by atoms with Gasteiger partial charge in [0.15, 0.2) is 0 Å². The minimum Gasteiger partial charge on any atom is -0.493 e. The Balaban J connectivity index is 1.77. The summed E-state index contributed by atoms with van der Waals surface area (Å²) in [5, 5.41) is 0. The molecule has 2 rings (SSSR count). The molecule has 1 saturated heterocycles. The van der Waals surface area contributed by atoms with Gasteiger partial charge in [-0.3, -0.25) is 4.90 Å². The summed E-state index contributed by atoms with van der Waals surface area (Å²) in [4.78, 5) is 2.48. The van der Waals surface area contributed by atoms with Crippen LogP contribution in [0, 0.1) is 13.8 Å². The van der Waals surface area contributed by atoms with Gasteiger partial charge in [0.2, 0.25) is 0 Å². The summed E-state index contributed by atoms with van der Waals surface area (Å²) in [6.07, 6.45) is 1.73. The lowest BCUT2D eigenvalue weighted by Gasteiger charge is -2.35. The van der Waals surface area contributed by atoms with Crippen LogP contribution in [0.2, 0.25) is 0 Å². The van der Waals surface area contributed by atoms with Gasteiger partial charge < -0.3 is 9.47 Å². The van der Waals surface area contributed by atoms with E-state index in [1.807, 2.05) is 0 Å². The Bertz CT molecular complexity index is 445. The van der Waals surface area contributed by atoms with Crippen molar-refractivity contribution in [1.29, 1.82) is 0 Å². The number of rotatable bonds is 5. The normalized spacial score (nSPS) is 23.3. The number of benzene rings is 1. The summed E-state index contributed by atoms with van der Waals surface area (Å²) in [5.74, 6) is 1.03. The Kier molecular flexibility index (Phi) is 6.08. The van der Waals surface area contributed by atoms with Crippen molar-refractivity contribution in [3.05, 3.63) is 27.7 Å². The van der Waals surface area contributed by atoms with E-state index >= 15 is 0 Å². The molecule has 1 heterocycles. The van der Waals surface area contributed by atoms with E-state index in [4.69, 9.17) is 9.47 Å². The van der Waals surface area contributed by atoms with Gasteiger partial charge in [0.05, 0.1) is 18.8 Å². The lowest BCUT2D eigenvalue weighted by molar-refractivity contribution is -0.0686. The van der Waals surface area contributed by atoms with Crippen LogP contribution < -0.4 is 4.74 Å². The van der Waals surface area contributed by atoms with E-state index in [0.717, 1.165) is 42.9 Å². The van der Waals surface area contributed by atoms with Gasteiger partial charge in [-0.1, -0.05) is 15.9 Å². The van der Waals surface area contributed by atoms with Crippen LogP contribution >= 0.6 is 15.9 Å². The van der Waals surface area contributed by atoms with Gasteiger partial charge in [-0.25, -0.2) is 0 Å². The van der Waals surface area contributed by atoms with Gasteiger partial charge in [0, 0.05) is 24.1 Å². The average molecular weight is 356 g/mol. The Morgan fingerprint density at radius 1 is 1.19 bits per heavy atom. The third kappa shape index (κ3) is 4.97. The van der Waals surface area contributed by atoms with Crippen molar-refractivity contribution in [2.45, 2.75) is 46.3 Å². The van der Waals surface area contributed by atoms with Gasteiger partial charge in [0.25, 0.3) is 0 Å². The fourth-order valence-corrected chi connectivity index (χ4v) is 3.74. The van der Waals surface area contributed by atoms with Crippen LogP contribution in [-0.4, -0.2) is 43.3 Å². The van der Waals surface area contributed by atoms with Crippen LogP contribution in [0.4, 0.5) is 0 Å². The zero-order valence-electron chi connectivity index (χ0n) is 13.5. The smallest absolute Gasteiger partial charge is 0.125 e. The van der Waals surface area contributed by atoms with E-state index in [1.165, 1.54) is 11.1 Å². The summed E-state index contributed by atoms with van der Waals surface area (Å²) < 4.78 is 12.9. The van der Waals surface area contributed by atoms with Gasteiger partial charge in [0.1, 0.15) is 5.75 Å². The van der Waals surface area contributed by atoms with Crippen LogP contribution in [0.15, 0.2) is 16.6 Å². The minimum absolute atomic E-state index is 0.339. The van der Waals surface area contributed by atoms with E-state index < -0.39 is 0 Å². The Morgan fingerprint density at radius 3 is 2.33 bits per heavy atom. The Morgan fingerprint density at radius 2 is 1.76 bits per heavy atom. The van der Waals surface area contributed by atoms with Crippen LogP contribution in [0.25, 0.3) is 0 Å². The molecular weight excluding hydrogens is 330 g/mol. The first-order valence-corrected chi connectivity index (χ1v) is 8.52. The van der Waals surface area contributed by atoms with Gasteiger partial charge >= 0.3 is 0 Å². The second-order valence-electron chi connectivity index (χ2n) is 6.09. The van der Waals surface area contributed by atoms with E-state index in [2.05, 4.69) is 60.7 Å². The molecule has 3 nitrogen and oxygen atoms in total. The second-order valence-corrected chi connectivity index (χ2v) is 7.00. The molecule has 0 saturated carbocycles. The van der Waals surface area contributed by atoms with Crippen molar-refractivity contribution >= 4 is 15.9 Å². The van der Waals surface area contributed by atoms with Crippen LogP contribution in [0.1, 0.15) is 31.4 Å². The van der Waals surface area contributed by atoms with E-state index in [9.17, 15) is 0 Å². The molecular formula is C17H26BrNO2. The van der Waals surface area contributed by atoms with E-state index in [0.29, 0.717) is 12.2 Å². The quantitative estimate of drug-likeness (QED) is 0.746. The molecule has 0 unspecified atom stereocenters. The molecule has 1 aromatic rings. The van der Waals surface area contributed by atoms with Crippen molar-refractivity contribution in [3.8, 4) is 5.75 Å². The summed E-state index contributed by atoms with van der Waals surface area (Å²) in [6.45, 7) is 12.4. The molecule has 1 aliphatic rings. The fraction of sp³-hybridized carbons (Fsp3) is 0.647. The second kappa shape index (κ2) is 7.61. The molecule has 1 aromatic carbocycles. The molecule has 21 heavy (non-hydrogen) atoms.